The van der Waals surface area contributed by atoms with Crippen LogP contribution in [-0.2, 0) is 5.41 Å². The van der Waals surface area contributed by atoms with E-state index in [1.54, 1.807) is 36.4 Å². The Hall–Kier alpha value is -3.51. The molecule has 0 amide bonds. The molecule has 0 fully saturated rings. The molecular formula is C26H32N2O7. The van der Waals surface area contributed by atoms with Crippen molar-refractivity contribution >= 4 is 0 Å². The van der Waals surface area contributed by atoms with Crippen LogP contribution in [0.4, 0.5) is 0 Å². The molecule has 1 aliphatic rings. The van der Waals surface area contributed by atoms with E-state index in [1.165, 1.54) is 14.2 Å². The summed E-state index contributed by atoms with van der Waals surface area (Å²) in [6, 6.07) is 13.6. The second-order valence-corrected chi connectivity index (χ2v) is 9.00. The van der Waals surface area contributed by atoms with Gasteiger partial charge in [0.1, 0.15) is 18.8 Å². The third-order valence-electron chi connectivity index (χ3n) is 6.71. The molecule has 0 saturated heterocycles. The minimum atomic E-state index is -1.27. The standard InChI is InChI=1S/C26H32N2O7/c1-17(2)26(16-27,18-9-10-22(32-3)25(13-18)33-4)12-11-21(29)20(28(30)31)14-19-15-34-23-7-5-6-8-24(23)35-19/h5-10,13,17,19-21,29H,11-12,14-15H2,1-4H3. The van der Waals surface area contributed by atoms with Gasteiger partial charge in [-0.05, 0) is 48.6 Å². The maximum absolute atomic E-state index is 11.9. The highest BCUT2D eigenvalue weighted by Gasteiger charge is 2.41. The number of fused-ring (bicyclic) bond motifs is 1. The van der Waals surface area contributed by atoms with Crippen LogP contribution in [-0.4, -0.2) is 49.1 Å². The fourth-order valence-electron chi connectivity index (χ4n) is 4.53. The number of hydrogen-bond acceptors (Lipinski definition) is 8. The topological polar surface area (TPSA) is 124 Å². The number of hydrogen-bond donors (Lipinski definition) is 1. The van der Waals surface area contributed by atoms with Gasteiger partial charge in [0, 0.05) is 4.92 Å². The summed E-state index contributed by atoms with van der Waals surface area (Å²) in [7, 11) is 3.05. The Labute approximate surface area is 205 Å². The minimum Gasteiger partial charge on any atom is -0.493 e. The maximum Gasteiger partial charge on any atom is 0.242 e. The van der Waals surface area contributed by atoms with Gasteiger partial charge >= 0.3 is 0 Å². The molecule has 4 atom stereocenters. The van der Waals surface area contributed by atoms with Crippen molar-refractivity contribution in [3.8, 4) is 29.1 Å². The van der Waals surface area contributed by atoms with Gasteiger partial charge in [-0.3, -0.25) is 10.1 Å². The average molecular weight is 485 g/mol. The molecular weight excluding hydrogens is 452 g/mol. The number of benzene rings is 2. The molecule has 0 bridgehead atoms. The maximum atomic E-state index is 11.9. The molecule has 1 heterocycles. The van der Waals surface area contributed by atoms with Gasteiger partial charge < -0.3 is 24.1 Å². The van der Waals surface area contributed by atoms with Crippen molar-refractivity contribution in [1.29, 1.82) is 5.26 Å². The first-order chi connectivity index (χ1) is 16.7. The summed E-state index contributed by atoms with van der Waals surface area (Å²) >= 11 is 0. The number of ether oxygens (including phenoxy) is 4. The van der Waals surface area contributed by atoms with Gasteiger partial charge in [0.05, 0.1) is 32.1 Å². The van der Waals surface area contributed by atoms with E-state index in [2.05, 4.69) is 6.07 Å². The molecule has 0 aromatic heterocycles. The number of aliphatic hydroxyl groups is 1. The Bertz CT molecular complexity index is 1070. The van der Waals surface area contributed by atoms with Crippen molar-refractivity contribution in [3.63, 3.8) is 0 Å². The van der Waals surface area contributed by atoms with Crippen LogP contribution in [0.3, 0.4) is 0 Å². The normalized spacial score (nSPS) is 18.1. The summed E-state index contributed by atoms with van der Waals surface area (Å²) in [5.41, 5.74) is -0.274. The molecule has 1 aliphatic heterocycles. The van der Waals surface area contributed by atoms with Crippen molar-refractivity contribution < 1.29 is 29.0 Å². The zero-order chi connectivity index (χ0) is 25.6. The Kier molecular flexibility index (Phi) is 8.41. The monoisotopic (exact) mass is 484 g/mol. The molecule has 188 valence electrons. The molecule has 1 N–H and O–H groups in total. The Morgan fingerprint density at radius 2 is 1.89 bits per heavy atom. The van der Waals surface area contributed by atoms with E-state index in [-0.39, 0.29) is 31.8 Å². The molecule has 3 rings (SSSR count). The lowest BCUT2D eigenvalue weighted by atomic mass is 9.69. The minimum absolute atomic E-state index is 0.0138. The number of aliphatic hydroxyl groups excluding tert-OH is 1. The van der Waals surface area contributed by atoms with E-state index >= 15 is 0 Å². The molecule has 9 heteroatoms. The average Bonchev–Trinajstić information content (AvgIpc) is 2.87. The first kappa shape index (κ1) is 26.1. The summed E-state index contributed by atoms with van der Waals surface area (Å²) in [6.07, 6.45) is -1.55. The molecule has 0 radical (unpaired) electrons. The van der Waals surface area contributed by atoms with Crippen LogP contribution in [0, 0.1) is 27.4 Å². The molecule has 9 nitrogen and oxygen atoms in total. The Balaban J connectivity index is 1.76. The quantitative estimate of drug-likeness (QED) is 0.373. The van der Waals surface area contributed by atoms with Crippen LogP contribution in [0.15, 0.2) is 42.5 Å². The van der Waals surface area contributed by atoms with E-state index in [0.29, 0.717) is 28.6 Å². The lowest BCUT2D eigenvalue weighted by Crippen LogP contribution is -2.42. The highest BCUT2D eigenvalue weighted by molar-refractivity contribution is 5.47. The van der Waals surface area contributed by atoms with Gasteiger partial charge in [0.15, 0.2) is 23.0 Å². The van der Waals surface area contributed by atoms with E-state index in [4.69, 9.17) is 18.9 Å². The first-order valence-corrected chi connectivity index (χ1v) is 11.6. The summed E-state index contributed by atoms with van der Waals surface area (Å²) in [5, 5.41) is 33.0. The van der Waals surface area contributed by atoms with Crippen LogP contribution >= 0.6 is 0 Å². The zero-order valence-corrected chi connectivity index (χ0v) is 20.5. The lowest BCUT2D eigenvalue weighted by Gasteiger charge is -2.33. The van der Waals surface area contributed by atoms with Crippen molar-refractivity contribution in [2.75, 3.05) is 20.8 Å². The highest BCUT2D eigenvalue weighted by atomic mass is 16.6. The van der Waals surface area contributed by atoms with Gasteiger partial charge in [0.2, 0.25) is 6.04 Å². The molecule has 0 aliphatic carbocycles. The van der Waals surface area contributed by atoms with Gasteiger partial charge in [-0.15, -0.1) is 0 Å². The molecule has 4 unspecified atom stereocenters. The Morgan fingerprint density at radius 1 is 1.20 bits per heavy atom. The van der Waals surface area contributed by atoms with Crippen molar-refractivity contribution in [2.45, 2.75) is 56.8 Å². The number of nitriles is 1. The largest absolute Gasteiger partial charge is 0.493 e. The zero-order valence-electron chi connectivity index (χ0n) is 20.5. The number of nitro groups is 1. The van der Waals surface area contributed by atoms with Gasteiger partial charge in [-0.2, -0.15) is 5.26 Å². The smallest absolute Gasteiger partial charge is 0.242 e. The van der Waals surface area contributed by atoms with Gasteiger partial charge in [-0.1, -0.05) is 32.0 Å². The van der Waals surface area contributed by atoms with E-state index in [0.717, 1.165) is 0 Å². The van der Waals surface area contributed by atoms with Crippen molar-refractivity contribution in [2.24, 2.45) is 5.92 Å². The fraction of sp³-hybridized carbons (Fsp3) is 0.500. The predicted octanol–water partition coefficient (Wildman–Crippen LogP) is 4.14. The van der Waals surface area contributed by atoms with Gasteiger partial charge in [0.25, 0.3) is 0 Å². The number of nitrogens with zero attached hydrogens (tertiary/aromatic N) is 2. The van der Waals surface area contributed by atoms with Crippen LogP contribution < -0.4 is 18.9 Å². The molecule has 2 aromatic rings. The highest BCUT2D eigenvalue weighted by Crippen LogP contribution is 2.41. The lowest BCUT2D eigenvalue weighted by molar-refractivity contribution is -0.537. The molecule has 2 aromatic carbocycles. The summed E-state index contributed by atoms with van der Waals surface area (Å²) in [4.78, 5) is 11.4. The van der Waals surface area contributed by atoms with Crippen LogP contribution in [0.2, 0.25) is 0 Å². The van der Waals surface area contributed by atoms with E-state index < -0.39 is 28.6 Å². The van der Waals surface area contributed by atoms with E-state index in [9.17, 15) is 20.5 Å². The van der Waals surface area contributed by atoms with Crippen LogP contribution in [0.5, 0.6) is 23.0 Å². The second kappa shape index (κ2) is 11.3. The predicted molar refractivity (Wildman–Crippen MR) is 129 cm³/mol. The third-order valence-corrected chi connectivity index (χ3v) is 6.71. The second-order valence-electron chi connectivity index (χ2n) is 9.00. The summed E-state index contributed by atoms with van der Waals surface area (Å²) < 4.78 is 22.2. The summed E-state index contributed by atoms with van der Waals surface area (Å²) in [6.45, 7) is 4.00. The SMILES string of the molecule is COc1ccc(C(C#N)(CCC(O)C(CC2COc3ccccc3O2)[N+](=O)[O-])C(C)C)cc1OC. The van der Waals surface area contributed by atoms with E-state index in [1.807, 2.05) is 19.9 Å². The molecule has 35 heavy (non-hydrogen) atoms. The number of rotatable bonds is 11. The van der Waals surface area contributed by atoms with Crippen LogP contribution in [0.1, 0.15) is 38.7 Å². The van der Waals surface area contributed by atoms with Crippen LogP contribution in [0.25, 0.3) is 0 Å². The number of para-hydroxylation sites is 2. The Morgan fingerprint density at radius 3 is 2.49 bits per heavy atom. The first-order valence-electron chi connectivity index (χ1n) is 11.6. The summed E-state index contributed by atoms with van der Waals surface area (Å²) in [5.74, 6) is 2.02. The van der Waals surface area contributed by atoms with Gasteiger partial charge in [-0.25, -0.2) is 0 Å². The molecule has 0 spiro atoms. The van der Waals surface area contributed by atoms with Crippen molar-refractivity contribution in [3.05, 3.63) is 58.1 Å². The third kappa shape index (κ3) is 5.60. The van der Waals surface area contributed by atoms with Crippen molar-refractivity contribution in [1.82, 2.24) is 0 Å². The molecule has 0 saturated carbocycles. The number of methoxy groups -OCH3 is 2. The fourth-order valence-corrected chi connectivity index (χ4v) is 4.53.